The van der Waals surface area contributed by atoms with Crippen molar-refractivity contribution >= 4 is 5.91 Å². The molecule has 2 N–H and O–H groups in total. The van der Waals surface area contributed by atoms with Crippen molar-refractivity contribution in [2.24, 2.45) is 0 Å². The van der Waals surface area contributed by atoms with Gasteiger partial charge in [-0.3, -0.25) is 9.48 Å². The normalized spacial score (nSPS) is 12.7. The topological polar surface area (TPSA) is 67.2 Å². The van der Waals surface area contributed by atoms with Crippen LogP contribution < -0.4 is 5.32 Å². The number of rotatable bonds is 7. The number of aryl methyl sites for hydroxylation is 1. The maximum absolute atomic E-state index is 12.3. The van der Waals surface area contributed by atoms with Crippen LogP contribution in [0.15, 0.2) is 6.07 Å². The summed E-state index contributed by atoms with van der Waals surface area (Å²) >= 11 is 0. The summed E-state index contributed by atoms with van der Waals surface area (Å²) in [5.74, 6) is 0.195. The van der Waals surface area contributed by atoms with Crippen molar-refractivity contribution in [3.05, 3.63) is 17.5 Å². The molecule has 1 heterocycles. The first-order valence-corrected chi connectivity index (χ1v) is 7.02. The lowest BCUT2D eigenvalue weighted by Gasteiger charge is -2.15. The fourth-order valence-electron chi connectivity index (χ4n) is 1.94. The van der Waals surface area contributed by atoms with Crippen LogP contribution in [0.25, 0.3) is 0 Å². The molecule has 1 aromatic heterocycles. The van der Waals surface area contributed by atoms with Crippen molar-refractivity contribution in [1.82, 2.24) is 15.1 Å². The lowest BCUT2D eigenvalue weighted by atomic mass is 10.1. The molecule has 0 aliphatic heterocycles. The van der Waals surface area contributed by atoms with E-state index in [9.17, 15) is 4.79 Å². The van der Waals surface area contributed by atoms with E-state index < -0.39 is 0 Å². The second-order valence-electron chi connectivity index (χ2n) is 5.02. The van der Waals surface area contributed by atoms with Crippen LogP contribution in [0.3, 0.4) is 0 Å². The number of carbonyl (C=O) groups excluding carboxylic acids is 1. The predicted molar refractivity (Wildman–Crippen MR) is 75.2 cm³/mol. The molecule has 0 saturated carbocycles. The first kappa shape index (κ1) is 15.7. The summed E-state index contributed by atoms with van der Waals surface area (Å²) in [4.78, 5) is 12.3. The van der Waals surface area contributed by atoms with E-state index in [2.05, 4.69) is 24.3 Å². The third kappa shape index (κ3) is 4.06. The Kier molecular flexibility index (Phi) is 6.02. The van der Waals surface area contributed by atoms with Gasteiger partial charge in [0.15, 0.2) is 0 Å². The molecular weight excluding hydrogens is 242 g/mol. The van der Waals surface area contributed by atoms with Gasteiger partial charge in [0.25, 0.3) is 5.91 Å². The van der Waals surface area contributed by atoms with Crippen molar-refractivity contribution in [3.8, 4) is 0 Å². The van der Waals surface area contributed by atoms with Crippen LogP contribution in [-0.4, -0.2) is 33.4 Å². The SMILES string of the molecule is CCC(CCO)NC(=O)c1cc(C(C)C)nn1CC. The Hall–Kier alpha value is -1.36. The quantitative estimate of drug-likeness (QED) is 0.793. The Balaban J connectivity index is 2.86. The van der Waals surface area contributed by atoms with Gasteiger partial charge in [-0.05, 0) is 31.7 Å². The van der Waals surface area contributed by atoms with Gasteiger partial charge in [0.1, 0.15) is 5.69 Å². The number of aliphatic hydroxyl groups excluding tert-OH is 1. The molecule has 0 aliphatic carbocycles. The van der Waals surface area contributed by atoms with Gasteiger partial charge < -0.3 is 10.4 Å². The molecule has 0 spiro atoms. The maximum atomic E-state index is 12.3. The molecule has 0 radical (unpaired) electrons. The van der Waals surface area contributed by atoms with Gasteiger partial charge in [0.2, 0.25) is 0 Å². The van der Waals surface area contributed by atoms with Gasteiger partial charge in [-0.1, -0.05) is 20.8 Å². The van der Waals surface area contributed by atoms with E-state index in [-0.39, 0.29) is 18.6 Å². The minimum Gasteiger partial charge on any atom is -0.396 e. The van der Waals surface area contributed by atoms with Crippen LogP contribution in [0.2, 0.25) is 0 Å². The summed E-state index contributed by atoms with van der Waals surface area (Å²) in [6, 6.07) is 1.87. The average Bonchev–Trinajstić information content (AvgIpc) is 2.82. The number of nitrogens with one attached hydrogen (secondary N) is 1. The largest absolute Gasteiger partial charge is 0.396 e. The molecule has 5 heteroatoms. The predicted octanol–water partition coefficient (Wildman–Crippen LogP) is 1.92. The number of aromatic nitrogens is 2. The summed E-state index contributed by atoms with van der Waals surface area (Å²) in [5.41, 5.74) is 1.53. The van der Waals surface area contributed by atoms with Crippen LogP contribution in [0.5, 0.6) is 0 Å². The van der Waals surface area contributed by atoms with Crippen LogP contribution >= 0.6 is 0 Å². The average molecular weight is 267 g/mol. The highest BCUT2D eigenvalue weighted by Gasteiger charge is 2.18. The number of hydrogen-bond acceptors (Lipinski definition) is 3. The fraction of sp³-hybridized carbons (Fsp3) is 0.714. The third-order valence-corrected chi connectivity index (χ3v) is 3.23. The van der Waals surface area contributed by atoms with Gasteiger partial charge in [0.05, 0.1) is 5.69 Å². The summed E-state index contributed by atoms with van der Waals surface area (Å²) in [6.07, 6.45) is 1.39. The smallest absolute Gasteiger partial charge is 0.269 e. The number of amides is 1. The highest BCUT2D eigenvalue weighted by atomic mass is 16.3. The van der Waals surface area contributed by atoms with E-state index in [1.54, 1.807) is 4.68 Å². The molecule has 1 rings (SSSR count). The first-order chi connectivity index (χ1) is 9.03. The molecule has 0 bridgehead atoms. The van der Waals surface area contributed by atoms with Gasteiger partial charge in [-0.15, -0.1) is 0 Å². The number of nitrogens with zero attached hydrogens (tertiary/aromatic N) is 2. The molecular formula is C14H25N3O2. The molecule has 1 aromatic rings. The standard InChI is InChI=1S/C14H25N3O2/c1-5-11(7-8-18)15-14(19)13-9-12(10(3)4)16-17(13)6-2/h9-11,18H,5-8H2,1-4H3,(H,15,19). The number of hydrogen-bond donors (Lipinski definition) is 2. The number of aliphatic hydroxyl groups is 1. The molecule has 1 amide bonds. The monoisotopic (exact) mass is 267 g/mol. The van der Waals surface area contributed by atoms with E-state index in [1.165, 1.54) is 0 Å². The summed E-state index contributed by atoms with van der Waals surface area (Å²) in [6.45, 7) is 8.85. The Bertz CT molecular complexity index is 413. The van der Waals surface area contributed by atoms with Gasteiger partial charge in [0, 0.05) is 19.2 Å². The molecule has 19 heavy (non-hydrogen) atoms. The van der Waals surface area contributed by atoms with Gasteiger partial charge in [-0.25, -0.2) is 0 Å². The Morgan fingerprint density at radius 3 is 2.63 bits per heavy atom. The lowest BCUT2D eigenvalue weighted by molar-refractivity contribution is 0.0918. The maximum Gasteiger partial charge on any atom is 0.269 e. The van der Waals surface area contributed by atoms with E-state index in [4.69, 9.17) is 5.11 Å². The van der Waals surface area contributed by atoms with Gasteiger partial charge in [-0.2, -0.15) is 5.10 Å². The van der Waals surface area contributed by atoms with Crippen LogP contribution in [0.4, 0.5) is 0 Å². The van der Waals surface area contributed by atoms with Crippen molar-refractivity contribution in [3.63, 3.8) is 0 Å². The molecule has 1 atom stereocenters. The number of carbonyl (C=O) groups is 1. The van der Waals surface area contributed by atoms with E-state index in [1.807, 2.05) is 19.9 Å². The Labute approximate surface area is 115 Å². The van der Waals surface area contributed by atoms with Crippen LogP contribution in [0, 0.1) is 0 Å². The second kappa shape index (κ2) is 7.28. The molecule has 0 aromatic carbocycles. The van der Waals surface area contributed by atoms with Crippen molar-refractivity contribution in [1.29, 1.82) is 0 Å². The fourth-order valence-corrected chi connectivity index (χ4v) is 1.94. The van der Waals surface area contributed by atoms with E-state index in [0.717, 1.165) is 12.1 Å². The zero-order valence-electron chi connectivity index (χ0n) is 12.3. The van der Waals surface area contributed by atoms with Gasteiger partial charge >= 0.3 is 0 Å². The highest BCUT2D eigenvalue weighted by molar-refractivity contribution is 5.92. The minimum absolute atomic E-state index is 0.0141. The van der Waals surface area contributed by atoms with E-state index in [0.29, 0.717) is 24.6 Å². The van der Waals surface area contributed by atoms with E-state index >= 15 is 0 Å². The lowest BCUT2D eigenvalue weighted by Crippen LogP contribution is -2.36. The first-order valence-electron chi connectivity index (χ1n) is 7.02. The minimum atomic E-state index is -0.110. The molecule has 0 saturated heterocycles. The Morgan fingerprint density at radius 2 is 2.16 bits per heavy atom. The molecule has 0 aliphatic rings. The summed E-state index contributed by atoms with van der Waals surface area (Å²) < 4.78 is 1.73. The third-order valence-electron chi connectivity index (χ3n) is 3.23. The van der Waals surface area contributed by atoms with Crippen LogP contribution in [0.1, 0.15) is 62.6 Å². The molecule has 108 valence electrons. The van der Waals surface area contributed by atoms with Crippen molar-refractivity contribution in [2.75, 3.05) is 6.61 Å². The summed E-state index contributed by atoms with van der Waals surface area (Å²) in [5, 5.41) is 16.3. The molecule has 5 nitrogen and oxygen atoms in total. The Morgan fingerprint density at radius 1 is 1.47 bits per heavy atom. The summed E-state index contributed by atoms with van der Waals surface area (Å²) in [7, 11) is 0. The molecule has 0 fully saturated rings. The van der Waals surface area contributed by atoms with Crippen molar-refractivity contribution in [2.45, 2.75) is 59.0 Å². The second-order valence-corrected chi connectivity index (χ2v) is 5.02. The highest BCUT2D eigenvalue weighted by Crippen LogP contribution is 2.15. The zero-order chi connectivity index (χ0) is 14.4. The van der Waals surface area contributed by atoms with Crippen LogP contribution in [-0.2, 0) is 6.54 Å². The van der Waals surface area contributed by atoms with Crippen molar-refractivity contribution < 1.29 is 9.90 Å². The molecule has 1 unspecified atom stereocenters. The zero-order valence-corrected chi connectivity index (χ0v) is 12.3.